The Labute approximate surface area is 209 Å². The average Bonchev–Trinajstić information content (AvgIpc) is 3.13. The van der Waals surface area contributed by atoms with Crippen LogP contribution in [0.5, 0.6) is 17.4 Å². The molecule has 0 aliphatic carbocycles. The highest BCUT2D eigenvalue weighted by molar-refractivity contribution is 5.44. The van der Waals surface area contributed by atoms with Gasteiger partial charge in [-0.2, -0.15) is 5.10 Å². The Morgan fingerprint density at radius 3 is 2.20 bits per heavy atom. The fourth-order valence-corrected chi connectivity index (χ4v) is 3.92. The van der Waals surface area contributed by atoms with Gasteiger partial charge < -0.3 is 19.3 Å². The molecule has 3 rings (SSSR count). The summed E-state index contributed by atoms with van der Waals surface area (Å²) in [5.41, 5.74) is 2.80. The molecule has 0 saturated carbocycles. The number of nitrogens with zero attached hydrogens (tertiary/aromatic N) is 3. The molecule has 190 valence electrons. The predicted molar refractivity (Wildman–Crippen MR) is 139 cm³/mol. The third kappa shape index (κ3) is 7.82. The van der Waals surface area contributed by atoms with Gasteiger partial charge in [-0.25, -0.2) is 4.68 Å². The maximum absolute atomic E-state index is 10.6. The van der Waals surface area contributed by atoms with Gasteiger partial charge in [0.05, 0.1) is 42.9 Å². The number of aliphatic hydroxyl groups is 1. The lowest BCUT2D eigenvalue weighted by atomic mass is 10.1. The Bertz CT molecular complexity index is 1030. The average molecular weight is 482 g/mol. The van der Waals surface area contributed by atoms with Crippen molar-refractivity contribution in [2.75, 3.05) is 26.8 Å². The van der Waals surface area contributed by atoms with Crippen LogP contribution in [0.15, 0.2) is 54.6 Å². The fourth-order valence-electron chi connectivity index (χ4n) is 3.92. The minimum Gasteiger partial charge on any atom is -0.497 e. The highest BCUT2D eigenvalue weighted by Crippen LogP contribution is 2.32. The van der Waals surface area contributed by atoms with Crippen molar-refractivity contribution in [3.63, 3.8) is 0 Å². The van der Waals surface area contributed by atoms with Gasteiger partial charge in [-0.3, -0.25) is 4.90 Å². The van der Waals surface area contributed by atoms with Crippen molar-refractivity contribution in [2.45, 2.75) is 53.4 Å². The summed E-state index contributed by atoms with van der Waals surface area (Å²) in [5.74, 6) is 2.57. The van der Waals surface area contributed by atoms with Gasteiger partial charge in [0.1, 0.15) is 11.5 Å². The second-order valence-corrected chi connectivity index (χ2v) is 9.52. The minimum absolute atomic E-state index is 0.0825. The zero-order chi connectivity index (χ0) is 25.4. The lowest BCUT2D eigenvalue weighted by Crippen LogP contribution is -2.37. The molecule has 35 heavy (non-hydrogen) atoms. The molecule has 0 aliphatic heterocycles. The zero-order valence-electron chi connectivity index (χ0n) is 21.8. The van der Waals surface area contributed by atoms with Crippen molar-refractivity contribution >= 4 is 0 Å². The molecule has 0 amide bonds. The van der Waals surface area contributed by atoms with Gasteiger partial charge in [-0.05, 0) is 63.1 Å². The van der Waals surface area contributed by atoms with Crippen molar-refractivity contribution < 1.29 is 19.3 Å². The summed E-state index contributed by atoms with van der Waals surface area (Å²) in [7, 11) is 1.64. The van der Waals surface area contributed by atoms with E-state index in [1.54, 1.807) is 7.11 Å². The van der Waals surface area contributed by atoms with Gasteiger partial charge >= 0.3 is 0 Å². The van der Waals surface area contributed by atoms with Crippen LogP contribution in [-0.4, -0.2) is 58.8 Å². The normalized spacial score (nSPS) is 12.5. The van der Waals surface area contributed by atoms with E-state index in [9.17, 15) is 5.11 Å². The van der Waals surface area contributed by atoms with Crippen molar-refractivity contribution in [2.24, 2.45) is 5.92 Å². The van der Waals surface area contributed by atoms with Crippen LogP contribution < -0.4 is 9.47 Å². The summed E-state index contributed by atoms with van der Waals surface area (Å²) in [5, 5.41) is 15.5. The Morgan fingerprint density at radius 1 is 0.943 bits per heavy atom. The number of aliphatic hydroxyl groups excluding tert-OH is 1. The van der Waals surface area contributed by atoms with Crippen LogP contribution in [0.25, 0.3) is 5.69 Å². The first-order valence-electron chi connectivity index (χ1n) is 12.2. The molecular weight excluding hydrogens is 442 g/mol. The van der Waals surface area contributed by atoms with Gasteiger partial charge in [0, 0.05) is 19.6 Å². The van der Waals surface area contributed by atoms with E-state index < -0.39 is 6.10 Å². The molecule has 0 fully saturated rings. The van der Waals surface area contributed by atoms with Crippen LogP contribution >= 0.6 is 0 Å². The summed E-state index contributed by atoms with van der Waals surface area (Å²) >= 11 is 0. The Kier molecular flexibility index (Phi) is 9.72. The maximum atomic E-state index is 10.6. The summed E-state index contributed by atoms with van der Waals surface area (Å²) in [6, 6.07) is 17.5. The van der Waals surface area contributed by atoms with E-state index in [0.29, 0.717) is 37.2 Å². The molecule has 0 aliphatic rings. The van der Waals surface area contributed by atoms with Gasteiger partial charge in [0.25, 0.3) is 0 Å². The number of methoxy groups -OCH3 is 1. The molecule has 1 aromatic heterocycles. The lowest BCUT2D eigenvalue weighted by Gasteiger charge is -2.27. The second kappa shape index (κ2) is 12.7. The summed E-state index contributed by atoms with van der Waals surface area (Å²) < 4.78 is 19.2. The number of hydrogen-bond donors (Lipinski definition) is 1. The van der Waals surface area contributed by atoms with E-state index in [4.69, 9.17) is 19.3 Å². The van der Waals surface area contributed by atoms with Crippen LogP contribution in [0.4, 0.5) is 0 Å². The number of benzene rings is 2. The Balaban J connectivity index is 1.94. The first kappa shape index (κ1) is 26.7. The maximum Gasteiger partial charge on any atom is 0.227 e. The van der Waals surface area contributed by atoms with Gasteiger partial charge in [0.15, 0.2) is 0 Å². The van der Waals surface area contributed by atoms with E-state index >= 15 is 0 Å². The third-order valence-electron chi connectivity index (χ3n) is 5.51. The van der Waals surface area contributed by atoms with Crippen molar-refractivity contribution in [3.05, 3.63) is 65.9 Å². The number of aryl methyl sites for hydroxylation is 1. The van der Waals surface area contributed by atoms with Gasteiger partial charge in [-0.15, -0.1) is 0 Å². The predicted octanol–water partition coefficient (Wildman–Crippen LogP) is 5.23. The number of aromatic nitrogens is 2. The molecule has 0 bridgehead atoms. The number of ether oxygens (including phenoxy) is 3. The first-order chi connectivity index (χ1) is 16.8. The molecule has 1 atom stereocenters. The zero-order valence-corrected chi connectivity index (χ0v) is 21.8. The molecule has 1 N–H and O–H groups in total. The second-order valence-electron chi connectivity index (χ2n) is 9.52. The summed E-state index contributed by atoms with van der Waals surface area (Å²) in [6.07, 6.45) is -0.495. The van der Waals surface area contributed by atoms with E-state index in [-0.39, 0.29) is 6.10 Å². The Hall–Kier alpha value is -2.87. The number of rotatable bonds is 13. The highest BCUT2D eigenvalue weighted by atomic mass is 16.5. The highest BCUT2D eigenvalue weighted by Gasteiger charge is 2.23. The van der Waals surface area contributed by atoms with E-state index in [1.807, 2.05) is 80.1 Å². The van der Waals surface area contributed by atoms with Crippen molar-refractivity contribution in [1.82, 2.24) is 14.7 Å². The minimum atomic E-state index is -0.577. The molecule has 2 aromatic carbocycles. The summed E-state index contributed by atoms with van der Waals surface area (Å²) in [6.45, 7) is 12.6. The van der Waals surface area contributed by atoms with Crippen LogP contribution in [0.1, 0.15) is 39.0 Å². The quantitative estimate of drug-likeness (QED) is 0.361. The first-order valence-corrected chi connectivity index (χ1v) is 12.2. The van der Waals surface area contributed by atoms with Crippen LogP contribution in [-0.2, 0) is 11.3 Å². The molecule has 1 unspecified atom stereocenters. The monoisotopic (exact) mass is 481 g/mol. The topological polar surface area (TPSA) is 69.0 Å². The van der Waals surface area contributed by atoms with E-state index in [1.165, 1.54) is 0 Å². The van der Waals surface area contributed by atoms with Gasteiger partial charge in [-0.1, -0.05) is 32.0 Å². The summed E-state index contributed by atoms with van der Waals surface area (Å²) in [4.78, 5) is 2.25. The molecule has 0 spiro atoms. The lowest BCUT2D eigenvalue weighted by molar-refractivity contribution is -0.0109. The van der Waals surface area contributed by atoms with E-state index in [0.717, 1.165) is 29.2 Å². The third-order valence-corrected chi connectivity index (χ3v) is 5.51. The molecule has 7 nitrogen and oxygen atoms in total. The molecule has 0 saturated heterocycles. The molecule has 0 radical (unpaired) electrons. The standard InChI is InChI=1S/C28H39N3O4/c1-20(2)16-30(17-24(32)19-34-21(3)4)18-27-22(5)29-31(23-10-8-7-9-11-23)28(27)35-26-14-12-25(33-6)13-15-26/h7-15,20-21,24,32H,16-19H2,1-6H3. The SMILES string of the molecule is COc1ccc(Oc2c(CN(CC(C)C)CC(O)COC(C)C)c(C)nn2-c2ccccc2)cc1. The molecular formula is C28H39N3O4. The molecule has 7 heteroatoms. The largest absolute Gasteiger partial charge is 0.497 e. The van der Waals surface area contributed by atoms with Crippen molar-refractivity contribution in [3.8, 4) is 23.1 Å². The number of hydrogen-bond acceptors (Lipinski definition) is 6. The number of para-hydroxylation sites is 1. The fraction of sp³-hybridized carbons (Fsp3) is 0.464. The van der Waals surface area contributed by atoms with Crippen LogP contribution in [0, 0.1) is 12.8 Å². The smallest absolute Gasteiger partial charge is 0.227 e. The van der Waals surface area contributed by atoms with Crippen LogP contribution in [0.2, 0.25) is 0 Å². The van der Waals surface area contributed by atoms with Gasteiger partial charge in [0.2, 0.25) is 5.88 Å². The van der Waals surface area contributed by atoms with Crippen LogP contribution in [0.3, 0.4) is 0 Å². The van der Waals surface area contributed by atoms with Crippen molar-refractivity contribution in [1.29, 1.82) is 0 Å². The molecule has 3 aromatic rings. The van der Waals surface area contributed by atoms with E-state index in [2.05, 4.69) is 18.7 Å². The molecule has 1 heterocycles. The Morgan fingerprint density at radius 2 is 1.60 bits per heavy atom.